The minimum Gasteiger partial charge on any atom is -0.488 e. The van der Waals surface area contributed by atoms with E-state index in [1.165, 1.54) is 70.6 Å². The lowest BCUT2D eigenvalue weighted by Gasteiger charge is -2.38. The monoisotopic (exact) mass is 448 g/mol. The molecule has 2 aliphatic carbocycles. The maximum atomic E-state index is 15.0. The first kappa shape index (κ1) is 25.5. The summed E-state index contributed by atoms with van der Waals surface area (Å²) in [6.07, 6.45) is 18.0. The van der Waals surface area contributed by atoms with Gasteiger partial charge in [-0.2, -0.15) is 4.39 Å². The first-order chi connectivity index (χ1) is 15.5. The summed E-state index contributed by atoms with van der Waals surface area (Å²) in [5.74, 6) is 1.36. The predicted octanol–water partition coefficient (Wildman–Crippen LogP) is 9.58. The van der Waals surface area contributed by atoms with Gasteiger partial charge in [-0.3, -0.25) is 0 Å². The van der Waals surface area contributed by atoms with Crippen molar-refractivity contribution in [1.29, 1.82) is 0 Å². The van der Waals surface area contributed by atoms with Crippen LogP contribution in [0.3, 0.4) is 0 Å². The highest BCUT2D eigenvalue weighted by molar-refractivity contribution is 5.33. The van der Waals surface area contributed by atoms with E-state index in [0.717, 1.165) is 43.4 Å². The van der Waals surface area contributed by atoms with Gasteiger partial charge in [0.25, 0.3) is 0 Å². The molecule has 0 aromatic heterocycles. The second-order valence-electron chi connectivity index (χ2n) is 10.7. The summed E-state index contributed by atoms with van der Waals surface area (Å²) in [6, 6.07) is 3.45. The van der Waals surface area contributed by atoms with E-state index in [4.69, 9.17) is 4.74 Å². The number of halogens is 2. The molecular weight excluding hydrogens is 402 g/mol. The van der Waals surface area contributed by atoms with Crippen molar-refractivity contribution >= 4 is 0 Å². The molecule has 182 valence electrons. The fourth-order valence-corrected chi connectivity index (χ4v) is 6.35. The summed E-state index contributed by atoms with van der Waals surface area (Å²) in [4.78, 5) is 0. The molecule has 2 saturated carbocycles. The fraction of sp³-hybridized carbons (Fsp3) is 0.793. The number of benzene rings is 1. The molecule has 2 aliphatic rings. The number of hydrogen-bond acceptors (Lipinski definition) is 1. The van der Waals surface area contributed by atoms with Crippen molar-refractivity contribution in [3.8, 4) is 5.75 Å². The van der Waals surface area contributed by atoms with Crippen LogP contribution < -0.4 is 4.74 Å². The molecule has 0 bridgehead atoms. The number of rotatable bonds is 11. The molecule has 2 fully saturated rings. The molecule has 0 aliphatic heterocycles. The lowest BCUT2D eigenvalue weighted by atomic mass is 9.68. The average Bonchev–Trinajstić information content (AvgIpc) is 2.81. The zero-order chi connectivity index (χ0) is 22.9. The summed E-state index contributed by atoms with van der Waals surface area (Å²) < 4.78 is 35.5. The Morgan fingerprint density at radius 3 is 2.09 bits per heavy atom. The normalized spacial score (nSPS) is 27.3. The van der Waals surface area contributed by atoms with Crippen molar-refractivity contribution < 1.29 is 13.5 Å². The minimum atomic E-state index is -0.792. The maximum absolute atomic E-state index is 15.0. The van der Waals surface area contributed by atoms with Crippen molar-refractivity contribution in [2.75, 3.05) is 0 Å². The Balaban J connectivity index is 1.49. The van der Waals surface area contributed by atoms with Gasteiger partial charge in [-0.15, -0.1) is 0 Å². The van der Waals surface area contributed by atoms with Crippen LogP contribution in [0.15, 0.2) is 12.1 Å². The SMILES string of the molecule is CCCCCCC(C)Oc1ccc(C2CCC(C3CCC(CCC)CC3)CC2)c(F)c1F. The molecule has 0 saturated heterocycles. The summed E-state index contributed by atoms with van der Waals surface area (Å²) in [5.41, 5.74) is 0.565. The third kappa shape index (κ3) is 6.94. The third-order valence-electron chi connectivity index (χ3n) is 8.34. The predicted molar refractivity (Wildman–Crippen MR) is 130 cm³/mol. The van der Waals surface area contributed by atoms with Crippen LogP contribution in [-0.2, 0) is 0 Å². The van der Waals surface area contributed by atoms with Gasteiger partial charge in [0.1, 0.15) is 0 Å². The lowest BCUT2D eigenvalue weighted by molar-refractivity contribution is 0.155. The van der Waals surface area contributed by atoms with E-state index in [1.807, 2.05) is 6.92 Å². The van der Waals surface area contributed by atoms with Gasteiger partial charge in [-0.05, 0) is 93.6 Å². The second kappa shape index (κ2) is 12.9. The quantitative estimate of drug-likeness (QED) is 0.306. The summed E-state index contributed by atoms with van der Waals surface area (Å²) >= 11 is 0. The van der Waals surface area contributed by atoms with Gasteiger partial charge < -0.3 is 4.74 Å². The molecular formula is C29H46F2O. The lowest BCUT2D eigenvalue weighted by Crippen LogP contribution is -2.25. The van der Waals surface area contributed by atoms with Crippen molar-refractivity contribution in [2.24, 2.45) is 17.8 Å². The van der Waals surface area contributed by atoms with E-state index in [0.29, 0.717) is 5.56 Å². The van der Waals surface area contributed by atoms with Gasteiger partial charge in [-0.1, -0.05) is 64.9 Å². The topological polar surface area (TPSA) is 9.23 Å². The Bertz CT molecular complexity index is 672. The molecule has 0 spiro atoms. The molecule has 3 rings (SSSR count). The van der Waals surface area contributed by atoms with Crippen molar-refractivity contribution in [2.45, 2.75) is 129 Å². The Labute approximate surface area is 195 Å². The van der Waals surface area contributed by atoms with Gasteiger partial charge in [0.05, 0.1) is 6.10 Å². The molecule has 0 radical (unpaired) electrons. The molecule has 0 N–H and O–H groups in total. The van der Waals surface area contributed by atoms with Gasteiger partial charge in [0.2, 0.25) is 5.82 Å². The van der Waals surface area contributed by atoms with Gasteiger partial charge >= 0.3 is 0 Å². The Hall–Kier alpha value is -1.12. The number of ether oxygens (including phenoxy) is 1. The van der Waals surface area contributed by atoms with Crippen LogP contribution in [-0.4, -0.2) is 6.10 Å². The summed E-state index contributed by atoms with van der Waals surface area (Å²) in [6.45, 7) is 6.43. The number of unbranched alkanes of at least 4 members (excludes halogenated alkanes) is 3. The maximum Gasteiger partial charge on any atom is 0.200 e. The van der Waals surface area contributed by atoms with Crippen LogP contribution >= 0.6 is 0 Å². The molecule has 1 atom stereocenters. The van der Waals surface area contributed by atoms with Gasteiger partial charge in [0, 0.05) is 0 Å². The molecule has 1 nitrogen and oxygen atoms in total. The Kier molecular flexibility index (Phi) is 10.3. The first-order valence-electron chi connectivity index (χ1n) is 13.7. The Morgan fingerprint density at radius 2 is 1.47 bits per heavy atom. The molecule has 1 aromatic rings. The molecule has 0 heterocycles. The van der Waals surface area contributed by atoms with Crippen molar-refractivity contribution in [3.05, 3.63) is 29.3 Å². The van der Waals surface area contributed by atoms with E-state index in [-0.39, 0.29) is 17.8 Å². The van der Waals surface area contributed by atoms with Crippen LogP contribution in [0.1, 0.15) is 129 Å². The third-order valence-corrected chi connectivity index (χ3v) is 8.34. The summed E-state index contributed by atoms with van der Waals surface area (Å²) in [7, 11) is 0. The highest BCUT2D eigenvalue weighted by Gasteiger charge is 2.32. The number of hydrogen-bond donors (Lipinski definition) is 0. The van der Waals surface area contributed by atoms with Gasteiger partial charge in [0.15, 0.2) is 11.6 Å². The smallest absolute Gasteiger partial charge is 0.200 e. The van der Waals surface area contributed by atoms with E-state index in [9.17, 15) is 8.78 Å². The minimum absolute atomic E-state index is 0.0757. The standard InChI is InChI=1S/C29H46F2O/c1-4-6-7-8-10-21(3)32-27-20-19-26(28(30)29(27)31)25-17-15-24(16-18-25)23-13-11-22(9-5-2)12-14-23/h19-25H,4-18H2,1-3H3. The average molecular weight is 449 g/mol. The second-order valence-corrected chi connectivity index (χ2v) is 10.7. The van der Waals surface area contributed by atoms with Crippen LogP contribution in [0.25, 0.3) is 0 Å². The molecule has 32 heavy (non-hydrogen) atoms. The van der Waals surface area contributed by atoms with Crippen LogP contribution in [0.5, 0.6) is 5.75 Å². The Morgan fingerprint density at radius 1 is 0.812 bits per heavy atom. The van der Waals surface area contributed by atoms with Crippen molar-refractivity contribution in [3.63, 3.8) is 0 Å². The van der Waals surface area contributed by atoms with Crippen LogP contribution in [0, 0.1) is 29.4 Å². The molecule has 1 aromatic carbocycles. The van der Waals surface area contributed by atoms with E-state index < -0.39 is 11.6 Å². The van der Waals surface area contributed by atoms with E-state index in [1.54, 1.807) is 12.1 Å². The van der Waals surface area contributed by atoms with E-state index in [2.05, 4.69) is 13.8 Å². The van der Waals surface area contributed by atoms with Crippen LogP contribution in [0.4, 0.5) is 8.78 Å². The van der Waals surface area contributed by atoms with Crippen molar-refractivity contribution in [1.82, 2.24) is 0 Å². The fourth-order valence-electron chi connectivity index (χ4n) is 6.35. The largest absolute Gasteiger partial charge is 0.488 e. The zero-order valence-electron chi connectivity index (χ0n) is 20.8. The first-order valence-corrected chi connectivity index (χ1v) is 13.7. The zero-order valence-corrected chi connectivity index (χ0v) is 20.8. The highest BCUT2D eigenvalue weighted by atomic mass is 19.2. The van der Waals surface area contributed by atoms with Gasteiger partial charge in [-0.25, -0.2) is 4.39 Å². The highest BCUT2D eigenvalue weighted by Crippen LogP contribution is 2.45. The molecule has 0 amide bonds. The van der Waals surface area contributed by atoms with Crippen LogP contribution in [0.2, 0.25) is 0 Å². The summed E-state index contributed by atoms with van der Waals surface area (Å²) in [5, 5.41) is 0. The molecule has 3 heteroatoms. The molecule has 1 unspecified atom stereocenters. The van der Waals surface area contributed by atoms with E-state index >= 15 is 0 Å².